The van der Waals surface area contributed by atoms with Gasteiger partial charge in [0, 0.05) is 6.54 Å². The van der Waals surface area contributed by atoms with E-state index in [4.69, 9.17) is 4.52 Å². The van der Waals surface area contributed by atoms with Gasteiger partial charge in [0.15, 0.2) is 11.5 Å². The Morgan fingerprint density at radius 1 is 1.07 bits per heavy atom. The van der Waals surface area contributed by atoms with Crippen molar-refractivity contribution in [3.8, 4) is 17.3 Å². The highest BCUT2D eigenvalue weighted by Gasteiger charge is 2.29. The van der Waals surface area contributed by atoms with Crippen molar-refractivity contribution in [3.05, 3.63) is 83.6 Å². The van der Waals surface area contributed by atoms with E-state index < -0.39 is 0 Å². The second-order valence-electron chi connectivity index (χ2n) is 6.72. The summed E-state index contributed by atoms with van der Waals surface area (Å²) in [6.45, 7) is 2.66. The average molecular weight is 371 g/mol. The number of hydrogen-bond acceptors (Lipinski definition) is 5. The van der Waals surface area contributed by atoms with Crippen molar-refractivity contribution in [1.29, 1.82) is 0 Å². The predicted octanol–water partition coefficient (Wildman–Crippen LogP) is 3.39. The van der Waals surface area contributed by atoms with Crippen LogP contribution in [0.25, 0.3) is 17.3 Å². The van der Waals surface area contributed by atoms with Crippen LogP contribution in [0.4, 0.5) is 0 Å². The molecule has 0 spiro atoms. The van der Waals surface area contributed by atoms with Crippen LogP contribution in [-0.2, 0) is 13.1 Å². The van der Waals surface area contributed by atoms with E-state index in [1.54, 1.807) is 13.3 Å². The number of carbonyl (C=O) groups excluding carboxylic acids is 1. The summed E-state index contributed by atoms with van der Waals surface area (Å²) >= 11 is 0. The molecule has 0 aliphatic carbocycles. The molecule has 0 atom stereocenters. The predicted molar refractivity (Wildman–Crippen MR) is 102 cm³/mol. The van der Waals surface area contributed by atoms with Gasteiger partial charge in [0.05, 0.1) is 23.5 Å². The number of nitrogens with zero attached hydrogens (tertiary/aromatic N) is 5. The van der Waals surface area contributed by atoms with Crippen LogP contribution in [0.2, 0.25) is 0 Å². The summed E-state index contributed by atoms with van der Waals surface area (Å²) in [4.78, 5) is 24.0. The second kappa shape index (κ2) is 6.45. The molecule has 0 bridgehead atoms. The van der Waals surface area contributed by atoms with Gasteiger partial charge in [-0.05, 0) is 24.6 Å². The Hall–Kier alpha value is -3.74. The number of fused-ring (bicyclic) bond motifs is 3. The number of amides is 1. The van der Waals surface area contributed by atoms with Gasteiger partial charge in [-0.3, -0.25) is 9.36 Å². The Labute approximate surface area is 161 Å². The molecule has 0 saturated heterocycles. The summed E-state index contributed by atoms with van der Waals surface area (Å²) in [5.41, 5.74) is 3.95. The van der Waals surface area contributed by atoms with Gasteiger partial charge < -0.3 is 9.42 Å². The normalized spacial score (nSPS) is 13.2. The standard InChI is InChI=1S/C21H17N5O2/c1-14-23-20(28-24-14)19-18-12-25(11-15-7-3-2-4-8-15)21(27)16-9-5-6-10-17(16)26(18)13-22-19/h2-10,13H,11-12H2,1H3. The zero-order valence-corrected chi connectivity index (χ0v) is 15.2. The molecule has 0 unspecified atom stereocenters. The first-order valence-corrected chi connectivity index (χ1v) is 9.00. The maximum atomic E-state index is 13.3. The van der Waals surface area contributed by atoms with Crippen LogP contribution in [0, 0.1) is 6.92 Å². The number of aryl methyl sites for hydroxylation is 1. The third kappa shape index (κ3) is 2.68. The van der Waals surface area contributed by atoms with Gasteiger partial charge in [0.2, 0.25) is 0 Å². The molecule has 0 saturated carbocycles. The van der Waals surface area contributed by atoms with Crippen molar-refractivity contribution in [2.45, 2.75) is 20.0 Å². The fourth-order valence-electron chi connectivity index (χ4n) is 3.52. The lowest BCUT2D eigenvalue weighted by molar-refractivity contribution is 0.0733. The molecule has 0 radical (unpaired) electrons. The number of hydrogen-bond donors (Lipinski definition) is 0. The molecule has 4 aromatic rings. The zero-order chi connectivity index (χ0) is 19.1. The molecule has 5 rings (SSSR count). The van der Waals surface area contributed by atoms with E-state index in [1.807, 2.05) is 64.1 Å². The van der Waals surface area contributed by atoms with E-state index >= 15 is 0 Å². The van der Waals surface area contributed by atoms with Gasteiger partial charge >= 0.3 is 0 Å². The summed E-state index contributed by atoms with van der Waals surface area (Å²) in [6.07, 6.45) is 1.71. The van der Waals surface area contributed by atoms with Crippen LogP contribution < -0.4 is 0 Å². The molecule has 2 aromatic carbocycles. The van der Waals surface area contributed by atoms with Crippen LogP contribution in [0.1, 0.15) is 27.4 Å². The van der Waals surface area contributed by atoms with Gasteiger partial charge in [0.25, 0.3) is 11.8 Å². The molecule has 1 aliphatic rings. The van der Waals surface area contributed by atoms with Gasteiger partial charge in [-0.15, -0.1) is 0 Å². The van der Waals surface area contributed by atoms with Crippen molar-refractivity contribution in [2.24, 2.45) is 0 Å². The monoisotopic (exact) mass is 371 g/mol. The highest BCUT2D eigenvalue weighted by Crippen LogP contribution is 2.30. The SMILES string of the molecule is Cc1noc(-c2ncn3c2CN(Cc2ccccc2)C(=O)c2ccccc2-3)n1. The minimum atomic E-state index is -0.0178. The summed E-state index contributed by atoms with van der Waals surface area (Å²) in [5, 5.41) is 3.88. The molecule has 3 heterocycles. The van der Waals surface area contributed by atoms with Crippen molar-refractivity contribution >= 4 is 5.91 Å². The molecule has 1 amide bonds. The second-order valence-corrected chi connectivity index (χ2v) is 6.72. The number of para-hydroxylation sites is 1. The lowest BCUT2D eigenvalue weighted by Gasteiger charge is -2.21. The third-order valence-corrected chi connectivity index (χ3v) is 4.83. The Morgan fingerprint density at radius 3 is 2.64 bits per heavy atom. The molecule has 28 heavy (non-hydrogen) atoms. The summed E-state index contributed by atoms with van der Waals surface area (Å²) < 4.78 is 7.28. The maximum Gasteiger partial charge on any atom is 0.278 e. The number of benzene rings is 2. The van der Waals surface area contributed by atoms with Gasteiger partial charge in [-0.2, -0.15) is 4.98 Å². The first kappa shape index (κ1) is 16.4. The van der Waals surface area contributed by atoms with Crippen LogP contribution in [-0.4, -0.2) is 30.5 Å². The number of imidazole rings is 1. The molecule has 138 valence electrons. The topological polar surface area (TPSA) is 77.0 Å². The summed E-state index contributed by atoms with van der Waals surface area (Å²) in [5.74, 6) is 0.886. The Bertz CT molecular complexity index is 1160. The van der Waals surface area contributed by atoms with Crippen LogP contribution in [0.3, 0.4) is 0 Å². The first-order valence-electron chi connectivity index (χ1n) is 9.00. The molecule has 1 aliphatic heterocycles. The molecule has 0 N–H and O–H groups in total. The molecule has 2 aromatic heterocycles. The molecular weight excluding hydrogens is 354 g/mol. The van der Waals surface area contributed by atoms with Crippen molar-refractivity contribution < 1.29 is 9.32 Å². The van der Waals surface area contributed by atoms with Gasteiger partial charge in [0.1, 0.15) is 6.33 Å². The molecule has 0 fully saturated rings. The van der Waals surface area contributed by atoms with Crippen LogP contribution >= 0.6 is 0 Å². The fourth-order valence-corrected chi connectivity index (χ4v) is 3.52. The average Bonchev–Trinajstić information content (AvgIpc) is 3.31. The quantitative estimate of drug-likeness (QED) is 0.552. The Kier molecular flexibility index (Phi) is 3.79. The number of aromatic nitrogens is 4. The Morgan fingerprint density at radius 2 is 1.86 bits per heavy atom. The summed E-state index contributed by atoms with van der Waals surface area (Å²) in [6, 6.07) is 17.5. The highest BCUT2D eigenvalue weighted by atomic mass is 16.5. The van der Waals surface area contributed by atoms with Crippen LogP contribution in [0.15, 0.2) is 65.4 Å². The van der Waals surface area contributed by atoms with E-state index in [-0.39, 0.29) is 5.91 Å². The highest BCUT2D eigenvalue weighted by molar-refractivity contribution is 5.98. The van der Waals surface area contributed by atoms with E-state index in [9.17, 15) is 4.79 Å². The van der Waals surface area contributed by atoms with Crippen molar-refractivity contribution in [1.82, 2.24) is 24.6 Å². The molecule has 7 heteroatoms. The minimum absolute atomic E-state index is 0.0178. The van der Waals surface area contributed by atoms with E-state index in [0.29, 0.717) is 36.1 Å². The third-order valence-electron chi connectivity index (χ3n) is 4.83. The Balaban J connectivity index is 1.65. The van der Waals surface area contributed by atoms with Crippen molar-refractivity contribution in [3.63, 3.8) is 0 Å². The van der Waals surface area contributed by atoms with E-state index in [2.05, 4.69) is 15.1 Å². The van der Waals surface area contributed by atoms with Crippen LogP contribution in [0.5, 0.6) is 0 Å². The molecule has 7 nitrogen and oxygen atoms in total. The van der Waals surface area contributed by atoms with E-state index in [0.717, 1.165) is 16.9 Å². The first-order chi connectivity index (χ1) is 13.7. The fraction of sp³-hybridized carbons (Fsp3) is 0.143. The minimum Gasteiger partial charge on any atom is -0.332 e. The van der Waals surface area contributed by atoms with Gasteiger partial charge in [-0.25, -0.2) is 4.98 Å². The number of carbonyl (C=O) groups is 1. The van der Waals surface area contributed by atoms with E-state index in [1.165, 1.54) is 0 Å². The lowest BCUT2D eigenvalue weighted by atomic mass is 10.1. The smallest absolute Gasteiger partial charge is 0.278 e. The number of rotatable bonds is 3. The van der Waals surface area contributed by atoms with Crippen molar-refractivity contribution in [2.75, 3.05) is 0 Å². The lowest BCUT2D eigenvalue weighted by Crippen LogP contribution is -2.29. The molecular formula is C21H17N5O2. The largest absolute Gasteiger partial charge is 0.332 e. The maximum absolute atomic E-state index is 13.3. The van der Waals surface area contributed by atoms with Gasteiger partial charge in [-0.1, -0.05) is 47.6 Å². The zero-order valence-electron chi connectivity index (χ0n) is 15.2. The summed E-state index contributed by atoms with van der Waals surface area (Å²) in [7, 11) is 0.